The molecular formula is C18H20ClNO2. The summed E-state index contributed by atoms with van der Waals surface area (Å²) in [5.74, 6) is 0.819. The minimum atomic E-state index is 0.300. The molecule has 0 bridgehead atoms. The van der Waals surface area contributed by atoms with Crippen molar-refractivity contribution in [3.05, 3.63) is 53.1 Å². The van der Waals surface area contributed by atoms with E-state index in [-0.39, 0.29) is 0 Å². The van der Waals surface area contributed by atoms with Gasteiger partial charge < -0.3 is 14.8 Å². The van der Waals surface area contributed by atoms with Crippen molar-refractivity contribution in [1.29, 1.82) is 0 Å². The molecule has 0 radical (unpaired) electrons. The number of hydrogen-bond acceptors (Lipinski definition) is 3. The van der Waals surface area contributed by atoms with Gasteiger partial charge in [0.2, 0.25) is 0 Å². The van der Waals surface area contributed by atoms with E-state index in [0.29, 0.717) is 17.7 Å². The van der Waals surface area contributed by atoms with Gasteiger partial charge >= 0.3 is 0 Å². The highest BCUT2D eigenvalue weighted by Gasteiger charge is 2.16. The monoisotopic (exact) mass is 317 g/mol. The number of halogens is 1. The summed E-state index contributed by atoms with van der Waals surface area (Å²) in [6.07, 6.45) is 1.37. The fourth-order valence-electron chi connectivity index (χ4n) is 2.78. The van der Waals surface area contributed by atoms with Crippen LogP contribution in [0.15, 0.2) is 42.5 Å². The van der Waals surface area contributed by atoms with E-state index in [4.69, 9.17) is 21.1 Å². The fraction of sp³-hybridized carbons (Fsp3) is 0.333. The van der Waals surface area contributed by atoms with Crippen molar-refractivity contribution in [2.75, 3.05) is 20.2 Å². The van der Waals surface area contributed by atoms with E-state index in [1.54, 1.807) is 7.11 Å². The summed E-state index contributed by atoms with van der Waals surface area (Å²) in [6.45, 7) is 2.56. The van der Waals surface area contributed by atoms with Crippen LogP contribution in [0.3, 0.4) is 0 Å². The van der Waals surface area contributed by atoms with Crippen LogP contribution in [0.5, 0.6) is 5.75 Å². The Kier molecular flexibility index (Phi) is 4.98. The molecule has 1 N–H and O–H groups in total. The number of benzene rings is 2. The summed E-state index contributed by atoms with van der Waals surface area (Å²) in [5, 5.41) is 4.02. The molecule has 3 rings (SSSR count). The Hall–Kier alpha value is -1.55. The molecule has 0 aliphatic carbocycles. The molecule has 1 atom stereocenters. The molecular weight excluding hydrogens is 298 g/mol. The minimum Gasteiger partial charge on any atom is -0.496 e. The van der Waals surface area contributed by atoms with E-state index in [9.17, 15) is 0 Å². The molecule has 1 saturated heterocycles. The molecule has 1 aliphatic heterocycles. The smallest absolute Gasteiger partial charge is 0.126 e. The van der Waals surface area contributed by atoms with Crippen LogP contribution in [-0.2, 0) is 11.3 Å². The maximum atomic E-state index is 6.16. The quantitative estimate of drug-likeness (QED) is 0.907. The molecule has 2 aromatic carbocycles. The Balaban J connectivity index is 1.88. The lowest BCUT2D eigenvalue weighted by Crippen LogP contribution is -2.16. The molecule has 1 unspecified atom stereocenters. The standard InChI is InChI=1S/C18H20ClNO2/c1-21-18-7-6-14(19)10-17(18)16-5-3-2-4-13(16)12-22-15-8-9-20-11-15/h2-7,10,15,20H,8-9,11-12H2,1H3. The number of hydrogen-bond donors (Lipinski definition) is 1. The lowest BCUT2D eigenvalue weighted by atomic mass is 9.99. The Labute approximate surface area is 136 Å². The summed E-state index contributed by atoms with van der Waals surface area (Å²) < 4.78 is 11.5. The van der Waals surface area contributed by atoms with Gasteiger partial charge in [0.05, 0.1) is 19.8 Å². The summed E-state index contributed by atoms with van der Waals surface area (Å²) >= 11 is 6.16. The average Bonchev–Trinajstić information content (AvgIpc) is 3.06. The van der Waals surface area contributed by atoms with Gasteiger partial charge in [0.15, 0.2) is 0 Å². The molecule has 2 aromatic rings. The van der Waals surface area contributed by atoms with Crippen molar-refractivity contribution in [1.82, 2.24) is 5.32 Å². The summed E-state index contributed by atoms with van der Waals surface area (Å²) in [6, 6.07) is 13.9. The van der Waals surface area contributed by atoms with Crippen LogP contribution >= 0.6 is 11.6 Å². The predicted molar refractivity (Wildman–Crippen MR) is 89.5 cm³/mol. The van der Waals surface area contributed by atoms with Gasteiger partial charge in [-0.1, -0.05) is 35.9 Å². The molecule has 3 nitrogen and oxygen atoms in total. The van der Waals surface area contributed by atoms with Crippen molar-refractivity contribution in [3.8, 4) is 16.9 Å². The lowest BCUT2D eigenvalue weighted by Gasteiger charge is -2.16. The number of nitrogens with one attached hydrogen (secondary N) is 1. The van der Waals surface area contributed by atoms with Gasteiger partial charge in [-0.05, 0) is 42.3 Å². The molecule has 1 fully saturated rings. The van der Waals surface area contributed by atoms with Crippen molar-refractivity contribution in [3.63, 3.8) is 0 Å². The highest BCUT2D eigenvalue weighted by atomic mass is 35.5. The fourth-order valence-corrected chi connectivity index (χ4v) is 2.95. The molecule has 4 heteroatoms. The minimum absolute atomic E-state index is 0.300. The molecule has 0 amide bonds. The van der Waals surface area contributed by atoms with Crippen LogP contribution in [0, 0.1) is 0 Å². The predicted octanol–water partition coefficient (Wildman–Crippen LogP) is 3.89. The molecule has 22 heavy (non-hydrogen) atoms. The molecule has 1 aliphatic rings. The van der Waals surface area contributed by atoms with E-state index in [2.05, 4.69) is 17.4 Å². The Morgan fingerprint density at radius 2 is 2.05 bits per heavy atom. The molecule has 0 aromatic heterocycles. The molecule has 116 valence electrons. The second-order valence-electron chi connectivity index (χ2n) is 5.43. The second-order valence-corrected chi connectivity index (χ2v) is 5.86. The van der Waals surface area contributed by atoms with Crippen molar-refractivity contribution in [2.24, 2.45) is 0 Å². The lowest BCUT2D eigenvalue weighted by molar-refractivity contribution is 0.0545. The van der Waals surface area contributed by atoms with Crippen molar-refractivity contribution >= 4 is 11.6 Å². The van der Waals surface area contributed by atoms with Crippen LogP contribution in [-0.4, -0.2) is 26.3 Å². The highest BCUT2D eigenvalue weighted by Crippen LogP contribution is 2.35. The first-order valence-electron chi connectivity index (χ1n) is 7.52. The number of ether oxygens (including phenoxy) is 2. The van der Waals surface area contributed by atoms with E-state index < -0.39 is 0 Å². The largest absolute Gasteiger partial charge is 0.496 e. The van der Waals surface area contributed by atoms with Gasteiger partial charge in [-0.25, -0.2) is 0 Å². The number of rotatable bonds is 5. The van der Waals surface area contributed by atoms with Crippen LogP contribution in [0.25, 0.3) is 11.1 Å². The SMILES string of the molecule is COc1ccc(Cl)cc1-c1ccccc1COC1CCNC1. The summed E-state index contributed by atoms with van der Waals surface area (Å²) in [7, 11) is 1.68. The maximum absolute atomic E-state index is 6.16. The van der Waals surface area contributed by atoms with Crippen LogP contribution in [0.4, 0.5) is 0 Å². The van der Waals surface area contributed by atoms with Gasteiger partial charge in [0.25, 0.3) is 0 Å². The average molecular weight is 318 g/mol. The summed E-state index contributed by atoms with van der Waals surface area (Å²) in [5.41, 5.74) is 3.25. The van der Waals surface area contributed by atoms with Crippen LogP contribution in [0.1, 0.15) is 12.0 Å². The highest BCUT2D eigenvalue weighted by molar-refractivity contribution is 6.31. The maximum Gasteiger partial charge on any atom is 0.126 e. The van der Waals surface area contributed by atoms with E-state index in [1.807, 2.05) is 30.3 Å². The molecule has 0 saturated carbocycles. The molecule has 1 heterocycles. The van der Waals surface area contributed by atoms with Crippen molar-refractivity contribution < 1.29 is 9.47 Å². The first-order valence-corrected chi connectivity index (χ1v) is 7.90. The van der Waals surface area contributed by atoms with Crippen LogP contribution in [0.2, 0.25) is 5.02 Å². The second kappa shape index (κ2) is 7.14. The molecule has 0 spiro atoms. The zero-order chi connectivity index (χ0) is 15.4. The van der Waals surface area contributed by atoms with Gasteiger partial charge in [0, 0.05) is 17.1 Å². The van der Waals surface area contributed by atoms with Gasteiger partial charge in [0.1, 0.15) is 5.75 Å². The van der Waals surface area contributed by atoms with Gasteiger partial charge in [-0.3, -0.25) is 0 Å². The van der Waals surface area contributed by atoms with Crippen molar-refractivity contribution in [2.45, 2.75) is 19.1 Å². The first kappa shape index (κ1) is 15.3. The third-order valence-electron chi connectivity index (χ3n) is 3.96. The third-order valence-corrected chi connectivity index (χ3v) is 4.19. The number of methoxy groups -OCH3 is 1. The zero-order valence-electron chi connectivity index (χ0n) is 12.6. The van der Waals surface area contributed by atoms with E-state index >= 15 is 0 Å². The topological polar surface area (TPSA) is 30.5 Å². The zero-order valence-corrected chi connectivity index (χ0v) is 13.4. The van der Waals surface area contributed by atoms with Gasteiger partial charge in [-0.15, -0.1) is 0 Å². The Morgan fingerprint density at radius 3 is 2.82 bits per heavy atom. The van der Waals surface area contributed by atoms with E-state index in [1.165, 1.54) is 0 Å². The first-order chi connectivity index (χ1) is 10.8. The summed E-state index contributed by atoms with van der Waals surface area (Å²) in [4.78, 5) is 0. The normalized spacial score (nSPS) is 17.6. The third kappa shape index (κ3) is 3.43. The Bertz CT molecular complexity index is 639. The van der Waals surface area contributed by atoms with E-state index in [0.717, 1.165) is 42.0 Å². The Morgan fingerprint density at radius 1 is 1.18 bits per heavy atom. The van der Waals surface area contributed by atoms with Crippen LogP contribution < -0.4 is 10.1 Å². The van der Waals surface area contributed by atoms with Gasteiger partial charge in [-0.2, -0.15) is 0 Å².